The summed E-state index contributed by atoms with van der Waals surface area (Å²) >= 11 is 0. The average Bonchev–Trinajstić information content (AvgIpc) is 2.99. The first-order chi connectivity index (χ1) is 10.1. The first kappa shape index (κ1) is 16.4. The zero-order valence-electron chi connectivity index (χ0n) is 14.2. The molecule has 1 unspecified atom stereocenters. The van der Waals surface area contributed by atoms with Gasteiger partial charge >= 0.3 is 0 Å². The molecule has 1 aromatic rings. The number of hydrogen-bond acceptors (Lipinski definition) is 2. The fourth-order valence-electron chi connectivity index (χ4n) is 3.45. The Morgan fingerprint density at radius 2 is 1.71 bits per heavy atom. The highest BCUT2D eigenvalue weighted by Gasteiger charge is 2.23. The predicted molar refractivity (Wildman–Crippen MR) is 93.0 cm³/mol. The van der Waals surface area contributed by atoms with Crippen LogP contribution >= 0.6 is 0 Å². The smallest absolute Gasteiger partial charge is 0.0369 e. The molecule has 2 rings (SSSR count). The van der Waals surface area contributed by atoms with E-state index in [4.69, 9.17) is 0 Å². The molecule has 0 radical (unpaired) electrons. The van der Waals surface area contributed by atoms with Crippen LogP contribution in [0.3, 0.4) is 0 Å². The molecule has 1 atom stereocenters. The fraction of sp³-hybridized carbons (Fsp3) is 0.684. The van der Waals surface area contributed by atoms with E-state index < -0.39 is 0 Å². The Labute approximate surface area is 130 Å². The molecule has 1 aliphatic carbocycles. The maximum atomic E-state index is 3.48. The molecule has 21 heavy (non-hydrogen) atoms. The Morgan fingerprint density at radius 1 is 1.10 bits per heavy atom. The lowest BCUT2D eigenvalue weighted by Crippen LogP contribution is -2.36. The van der Waals surface area contributed by atoms with Gasteiger partial charge in [-0.15, -0.1) is 0 Å². The van der Waals surface area contributed by atoms with Crippen molar-refractivity contribution in [3.05, 3.63) is 29.8 Å². The first-order valence-corrected chi connectivity index (χ1v) is 8.71. The zero-order valence-corrected chi connectivity index (χ0v) is 14.2. The highest BCUT2D eigenvalue weighted by molar-refractivity contribution is 5.49. The minimum Gasteiger partial charge on any atom is -0.368 e. The van der Waals surface area contributed by atoms with Gasteiger partial charge in [-0.2, -0.15) is 0 Å². The summed E-state index contributed by atoms with van der Waals surface area (Å²) in [6, 6.07) is 10.4. The van der Waals surface area contributed by atoms with Crippen LogP contribution in [0, 0.1) is 5.92 Å². The van der Waals surface area contributed by atoms with Crippen molar-refractivity contribution in [2.75, 3.05) is 18.0 Å². The van der Waals surface area contributed by atoms with E-state index >= 15 is 0 Å². The minimum absolute atomic E-state index is 0.439. The Hall–Kier alpha value is -1.02. The summed E-state index contributed by atoms with van der Waals surface area (Å²) in [5, 5.41) is 3.48. The molecule has 0 aliphatic heterocycles. The van der Waals surface area contributed by atoms with Gasteiger partial charge in [-0.1, -0.05) is 45.7 Å². The van der Waals surface area contributed by atoms with Crippen LogP contribution < -0.4 is 10.2 Å². The van der Waals surface area contributed by atoms with Crippen molar-refractivity contribution < 1.29 is 0 Å². The van der Waals surface area contributed by atoms with Crippen molar-refractivity contribution in [2.24, 2.45) is 5.92 Å². The van der Waals surface area contributed by atoms with E-state index in [1.807, 2.05) is 0 Å². The van der Waals surface area contributed by atoms with E-state index in [-0.39, 0.29) is 0 Å². The van der Waals surface area contributed by atoms with Crippen LogP contribution in [0.5, 0.6) is 0 Å². The van der Waals surface area contributed by atoms with Crippen molar-refractivity contribution in [1.82, 2.24) is 5.32 Å². The van der Waals surface area contributed by atoms with Crippen LogP contribution in [-0.2, 0) is 0 Å². The standard InChI is InChI=1S/C19H32N2/c1-5-20-16(4)17-10-12-19(13-11-17)21(14-15(2)3)18-8-6-7-9-18/h10-13,15-16,18,20H,5-9,14H2,1-4H3. The monoisotopic (exact) mass is 288 g/mol. The lowest BCUT2D eigenvalue weighted by Gasteiger charge is -2.33. The lowest BCUT2D eigenvalue weighted by atomic mass is 10.1. The van der Waals surface area contributed by atoms with Crippen molar-refractivity contribution in [2.45, 2.75) is 65.5 Å². The van der Waals surface area contributed by atoms with E-state index in [9.17, 15) is 0 Å². The zero-order chi connectivity index (χ0) is 15.2. The molecule has 0 amide bonds. The average molecular weight is 288 g/mol. The van der Waals surface area contributed by atoms with Gasteiger partial charge in [-0.25, -0.2) is 0 Å². The molecule has 2 heteroatoms. The molecule has 0 aromatic heterocycles. The second kappa shape index (κ2) is 7.84. The van der Waals surface area contributed by atoms with Crippen LogP contribution in [0.1, 0.15) is 65.0 Å². The predicted octanol–water partition coefficient (Wildman–Crippen LogP) is 4.76. The van der Waals surface area contributed by atoms with Gasteiger partial charge in [0.15, 0.2) is 0 Å². The van der Waals surface area contributed by atoms with Crippen LogP contribution in [0.4, 0.5) is 5.69 Å². The first-order valence-electron chi connectivity index (χ1n) is 8.71. The molecule has 0 saturated heterocycles. The quantitative estimate of drug-likeness (QED) is 0.778. The number of benzene rings is 1. The summed E-state index contributed by atoms with van der Waals surface area (Å²) in [4.78, 5) is 2.65. The molecule has 0 spiro atoms. The molecular weight excluding hydrogens is 256 g/mol. The normalized spacial score (nSPS) is 17.4. The maximum absolute atomic E-state index is 3.48. The second-order valence-corrected chi connectivity index (χ2v) is 6.86. The van der Waals surface area contributed by atoms with E-state index in [1.54, 1.807) is 0 Å². The van der Waals surface area contributed by atoms with Crippen LogP contribution in [0.2, 0.25) is 0 Å². The van der Waals surface area contributed by atoms with Crippen molar-refractivity contribution in [3.8, 4) is 0 Å². The van der Waals surface area contributed by atoms with Gasteiger partial charge in [-0.3, -0.25) is 0 Å². The van der Waals surface area contributed by atoms with Gasteiger partial charge < -0.3 is 10.2 Å². The van der Waals surface area contributed by atoms with E-state index in [0.29, 0.717) is 12.0 Å². The molecule has 1 fully saturated rings. The largest absolute Gasteiger partial charge is 0.368 e. The molecule has 1 N–H and O–H groups in total. The summed E-state index contributed by atoms with van der Waals surface area (Å²) in [5.41, 5.74) is 2.79. The fourth-order valence-corrected chi connectivity index (χ4v) is 3.45. The van der Waals surface area contributed by atoms with E-state index in [1.165, 1.54) is 43.5 Å². The maximum Gasteiger partial charge on any atom is 0.0369 e. The van der Waals surface area contributed by atoms with E-state index in [0.717, 1.165) is 12.6 Å². The third-order valence-electron chi connectivity index (χ3n) is 4.56. The number of nitrogens with zero attached hydrogens (tertiary/aromatic N) is 1. The van der Waals surface area contributed by atoms with Crippen molar-refractivity contribution in [3.63, 3.8) is 0 Å². The second-order valence-electron chi connectivity index (χ2n) is 6.86. The number of nitrogens with one attached hydrogen (secondary N) is 1. The molecule has 2 nitrogen and oxygen atoms in total. The minimum atomic E-state index is 0.439. The molecule has 1 aliphatic rings. The van der Waals surface area contributed by atoms with Gasteiger partial charge in [0.05, 0.1) is 0 Å². The molecule has 0 bridgehead atoms. The van der Waals surface area contributed by atoms with Crippen LogP contribution in [0.25, 0.3) is 0 Å². The molecule has 0 heterocycles. The van der Waals surface area contributed by atoms with Gasteiger partial charge in [0.2, 0.25) is 0 Å². The summed E-state index contributed by atoms with van der Waals surface area (Å²) in [7, 11) is 0. The van der Waals surface area contributed by atoms with Gasteiger partial charge in [0.1, 0.15) is 0 Å². The van der Waals surface area contributed by atoms with Crippen LogP contribution in [-0.4, -0.2) is 19.1 Å². The van der Waals surface area contributed by atoms with Gasteiger partial charge in [-0.05, 0) is 49.9 Å². The Bertz CT molecular complexity index is 404. The Morgan fingerprint density at radius 3 is 2.24 bits per heavy atom. The molecule has 118 valence electrons. The summed E-state index contributed by atoms with van der Waals surface area (Å²) in [5.74, 6) is 0.714. The summed E-state index contributed by atoms with van der Waals surface area (Å²) in [6.07, 6.45) is 5.52. The molecular formula is C19H32N2. The third kappa shape index (κ3) is 4.47. The Kier molecular flexibility index (Phi) is 6.10. The number of rotatable bonds is 7. The number of hydrogen-bond donors (Lipinski definition) is 1. The third-order valence-corrected chi connectivity index (χ3v) is 4.56. The van der Waals surface area contributed by atoms with Gasteiger partial charge in [0.25, 0.3) is 0 Å². The van der Waals surface area contributed by atoms with Crippen molar-refractivity contribution >= 4 is 5.69 Å². The topological polar surface area (TPSA) is 15.3 Å². The Balaban J connectivity index is 2.12. The highest BCUT2D eigenvalue weighted by atomic mass is 15.2. The summed E-state index contributed by atoms with van der Waals surface area (Å²) < 4.78 is 0. The summed E-state index contributed by atoms with van der Waals surface area (Å²) in [6.45, 7) is 11.2. The van der Waals surface area contributed by atoms with Crippen molar-refractivity contribution in [1.29, 1.82) is 0 Å². The SMILES string of the molecule is CCNC(C)c1ccc(N(CC(C)C)C2CCCC2)cc1. The number of anilines is 1. The highest BCUT2D eigenvalue weighted by Crippen LogP contribution is 2.29. The van der Waals surface area contributed by atoms with Crippen LogP contribution in [0.15, 0.2) is 24.3 Å². The molecule has 1 aromatic carbocycles. The van der Waals surface area contributed by atoms with E-state index in [2.05, 4.69) is 62.2 Å². The lowest BCUT2D eigenvalue weighted by molar-refractivity contribution is 0.535. The van der Waals surface area contributed by atoms with Gasteiger partial charge in [0, 0.05) is 24.3 Å². The molecule has 1 saturated carbocycles.